The highest BCUT2D eigenvalue weighted by atomic mass is 16.5. The van der Waals surface area contributed by atoms with Crippen LogP contribution in [0.1, 0.15) is 98.1 Å². The molecular weight excluding hydrogens is 530 g/mol. The van der Waals surface area contributed by atoms with E-state index in [4.69, 9.17) is 9.47 Å². The number of amides is 1. The minimum Gasteiger partial charge on any atom is -0.494 e. The van der Waals surface area contributed by atoms with Crippen LogP contribution in [0.5, 0.6) is 11.5 Å². The predicted octanol–water partition coefficient (Wildman–Crippen LogP) is 7.67. The van der Waals surface area contributed by atoms with E-state index in [1.807, 2.05) is 12.1 Å². The second kappa shape index (κ2) is 15.8. The topological polar surface area (TPSA) is 93.1 Å². The zero-order chi connectivity index (χ0) is 30.5. The van der Waals surface area contributed by atoms with Crippen molar-refractivity contribution in [3.63, 3.8) is 0 Å². The van der Waals surface area contributed by atoms with Crippen LogP contribution in [-0.2, 0) is 16.8 Å². The maximum absolute atomic E-state index is 13.3. The first-order valence-electron chi connectivity index (χ1n) is 14.7. The van der Waals surface area contributed by atoms with Gasteiger partial charge >= 0.3 is 11.9 Å². The molecule has 0 saturated carbocycles. The average Bonchev–Trinajstić information content (AvgIpc) is 2.97. The molecule has 7 heteroatoms. The Bertz CT molecular complexity index is 1290. The zero-order valence-corrected chi connectivity index (χ0v) is 25.2. The van der Waals surface area contributed by atoms with Crippen molar-refractivity contribution in [2.24, 2.45) is 0 Å². The Kier molecular flexibility index (Phi) is 12.1. The van der Waals surface area contributed by atoms with Gasteiger partial charge in [-0.25, -0.2) is 4.79 Å². The van der Waals surface area contributed by atoms with E-state index in [1.165, 1.54) is 24.2 Å². The summed E-state index contributed by atoms with van der Waals surface area (Å²) in [4.78, 5) is 38.7. The molecule has 0 radical (unpaired) electrons. The summed E-state index contributed by atoms with van der Waals surface area (Å²) in [5.74, 6) is -0.599. The summed E-state index contributed by atoms with van der Waals surface area (Å²) < 4.78 is 11.3. The average molecular weight is 574 g/mol. The van der Waals surface area contributed by atoms with Crippen LogP contribution in [0.4, 0.5) is 0 Å². The highest BCUT2D eigenvalue weighted by molar-refractivity contribution is 5.94. The summed E-state index contributed by atoms with van der Waals surface area (Å²) in [5.41, 5.74) is 2.77. The lowest BCUT2D eigenvalue weighted by molar-refractivity contribution is -0.137. The summed E-state index contributed by atoms with van der Waals surface area (Å²) in [6, 6.07) is 21.2. The van der Waals surface area contributed by atoms with Crippen LogP contribution < -0.4 is 9.47 Å². The standard InChI is InChI=1S/C35H43NO6/c1-5-6-7-8-9-24-41-30-20-14-28(15-21-30)34(40)42-31-18-10-26(11-19-31)25-36(23-22-32(37)38)33(39)27-12-16-29(17-13-27)35(2,3)4/h10-21H,5-9,22-25H2,1-4H3,(H,37,38). The number of carboxylic acids is 1. The molecule has 3 aromatic carbocycles. The first kappa shape index (κ1) is 32.4. The molecular formula is C35H43NO6. The van der Waals surface area contributed by atoms with E-state index >= 15 is 0 Å². The molecule has 3 rings (SSSR count). The number of hydrogen-bond donors (Lipinski definition) is 1. The lowest BCUT2D eigenvalue weighted by Gasteiger charge is -2.23. The van der Waals surface area contributed by atoms with Gasteiger partial charge in [0.25, 0.3) is 5.91 Å². The van der Waals surface area contributed by atoms with Gasteiger partial charge in [-0.05, 0) is 71.5 Å². The second-order valence-electron chi connectivity index (χ2n) is 11.5. The summed E-state index contributed by atoms with van der Waals surface area (Å²) in [7, 11) is 0. The second-order valence-corrected chi connectivity index (χ2v) is 11.5. The third kappa shape index (κ3) is 10.4. The molecule has 1 N–H and O–H groups in total. The van der Waals surface area contributed by atoms with E-state index in [-0.39, 0.29) is 30.8 Å². The van der Waals surface area contributed by atoms with Gasteiger partial charge in [0.05, 0.1) is 18.6 Å². The van der Waals surface area contributed by atoms with Crippen molar-refractivity contribution in [3.05, 3.63) is 95.1 Å². The van der Waals surface area contributed by atoms with Gasteiger partial charge in [-0.1, -0.05) is 77.6 Å². The molecule has 0 unspecified atom stereocenters. The van der Waals surface area contributed by atoms with E-state index in [1.54, 1.807) is 60.7 Å². The number of rotatable bonds is 15. The van der Waals surface area contributed by atoms with E-state index in [2.05, 4.69) is 27.7 Å². The third-order valence-corrected chi connectivity index (χ3v) is 6.99. The van der Waals surface area contributed by atoms with Gasteiger partial charge in [-0.3, -0.25) is 9.59 Å². The minimum absolute atomic E-state index is 0.0408. The normalized spacial score (nSPS) is 11.1. The molecule has 0 aromatic heterocycles. The molecule has 224 valence electrons. The Morgan fingerprint density at radius 3 is 1.95 bits per heavy atom. The van der Waals surface area contributed by atoms with Crippen molar-refractivity contribution in [1.82, 2.24) is 4.90 Å². The van der Waals surface area contributed by atoms with E-state index in [0.29, 0.717) is 23.5 Å². The maximum Gasteiger partial charge on any atom is 0.343 e. The highest BCUT2D eigenvalue weighted by Crippen LogP contribution is 2.23. The highest BCUT2D eigenvalue weighted by Gasteiger charge is 2.19. The molecule has 0 heterocycles. The van der Waals surface area contributed by atoms with Crippen LogP contribution in [0.15, 0.2) is 72.8 Å². The summed E-state index contributed by atoms with van der Waals surface area (Å²) in [6.07, 6.45) is 5.68. The Morgan fingerprint density at radius 2 is 1.36 bits per heavy atom. The van der Waals surface area contributed by atoms with E-state index < -0.39 is 11.9 Å². The van der Waals surface area contributed by atoms with Crippen molar-refractivity contribution in [2.45, 2.75) is 78.2 Å². The molecule has 0 aliphatic carbocycles. The summed E-state index contributed by atoms with van der Waals surface area (Å²) >= 11 is 0. The summed E-state index contributed by atoms with van der Waals surface area (Å²) in [5, 5.41) is 9.22. The first-order valence-corrected chi connectivity index (χ1v) is 14.7. The van der Waals surface area contributed by atoms with Gasteiger partial charge in [0.1, 0.15) is 11.5 Å². The van der Waals surface area contributed by atoms with Crippen molar-refractivity contribution >= 4 is 17.8 Å². The number of unbranched alkanes of at least 4 members (excludes halogenated alkanes) is 4. The summed E-state index contributed by atoms with van der Waals surface area (Å²) in [6.45, 7) is 9.46. The van der Waals surface area contributed by atoms with Crippen LogP contribution >= 0.6 is 0 Å². The monoisotopic (exact) mass is 573 g/mol. The quantitative estimate of drug-likeness (QED) is 0.114. The first-order chi connectivity index (χ1) is 20.1. The van der Waals surface area contributed by atoms with Gasteiger partial charge in [0.15, 0.2) is 0 Å². The fourth-order valence-electron chi connectivity index (χ4n) is 4.41. The molecule has 0 atom stereocenters. The van der Waals surface area contributed by atoms with Crippen molar-refractivity contribution in [2.75, 3.05) is 13.2 Å². The Balaban J connectivity index is 1.58. The van der Waals surface area contributed by atoms with Crippen LogP contribution in [0.25, 0.3) is 0 Å². The molecule has 3 aromatic rings. The number of carboxylic acid groups (broad SMARTS) is 1. The maximum atomic E-state index is 13.3. The Morgan fingerprint density at radius 1 is 0.762 bits per heavy atom. The molecule has 1 amide bonds. The van der Waals surface area contributed by atoms with Gasteiger partial charge in [-0.2, -0.15) is 0 Å². The molecule has 0 aliphatic rings. The number of nitrogens with zero attached hydrogens (tertiary/aromatic N) is 1. The molecule has 42 heavy (non-hydrogen) atoms. The predicted molar refractivity (Wildman–Crippen MR) is 164 cm³/mol. The minimum atomic E-state index is -0.972. The molecule has 0 saturated heterocycles. The van der Waals surface area contributed by atoms with Crippen molar-refractivity contribution < 1.29 is 29.0 Å². The van der Waals surface area contributed by atoms with E-state index in [0.717, 1.165) is 29.7 Å². The molecule has 0 fully saturated rings. The molecule has 0 bridgehead atoms. The number of ether oxygens (including phenoxy) is 2. The molecule has 0 aliphatic heterocycles. The lowest BCUT2D eigenvalue weighted by atomic mass is 9.86. The molecule has 7 nitrogen and oxygen atoms in total. The Labute approximate surface area is 249 Å². The number of aliphatic carboxylic acids is 1. The SMILES string of the molecule is CCCCCCCOc1ccc(C(=O)Oc2ccc(CN(CCC(=O)O)C(=O)c3ccc(C(C)(C)C)cc3)cc2)cc1. The number of carbonyl (C=O) groups excluding carboxylic acids is 2. The van der Waals surface area contributed by atoms with Crippen molar-refractivity contribution in [3.8, 4) is 11.5 Å². The van der Waals surface area contributed by atoms with Crippen LogP contribution in [0.2, 0.25) is 0 Å². The number of esters is 1. The largest absolute Gasteiger partial charge is 0.494 e. The van der Waals surface area contributed by atoms with E-state index in [9.17, 15) is 19.5 Å². The third-order valence-electron chi connectivity index (χ3n) is 6.99. The van der Waals surface area contributed by atoms with Gasteiger partial charge in [0, 0.05) is 18.7 Å². The molecule has 0 spiro atoms. The van der Waals surface area contributed by atoms with Gasteiger partial charge < -0.3 is 19.5 Å². The fourth-order valence-corrected chi connectivity index (χ4v) is 4.41. The number of hydrogen-bond acceptors (Lipinski definition) is 5. The van der Waals surface area contributed by atoms with Gasteiger partial charge in [-0.15, -0.1) is 0 Å². The number of carbonyl (C=O) groups is 3. The van der Waals surface area contributed by atoms with Crippen LogP contribution in [-0.4, -0.2) is 41.0 Å². The van der Waals surface area contributed by atoms with Crippen molar-refractivity contribution in [1.29, 1.82) is 0 Å². The van der Waals surface area contributed by atoms with Crippen LogP contribution in [0.3, 0.4) is 0 Å². The van der Waals surface area contributed by atoms with Crippen LogP contribution in [0, 0.1) is 0 Å². The Hall–Kier alpha value is -4.13. The number of benzene rings is 3. The van der Waals surface area contributed by atoms with Gasteiger partial charge in [0.2, 0.25) is 0 Å². The zero-order valence-electron chi connectivity index (χ0n) is 25.2. The smallest absolute Gasteiger partial charge is 0.343 e. The lowest BCUT2D eigenvalue weighted by Crippen LogP contribution is -2.32. The fraction of sp³-hybridized carbons (Fsp3) is 0.400.